The molecule has 0 aliphatic heterocycles. The van der Waals surface area contributed by atoms with Gasteiger partial charge in [0.2, 0.25) is 0 Å². The first kappa shape index (κ1) is 13.8. The molecular weight excluding hydrogens is 285 g/mol. The number of nitrogens with zero attached hydrogens (tertiary/aromatic N) is 3. The number of hydrogen-bond acceptors (Lipinski definition) is 3. The summed E-state index contributed by atoms with van der Waals surface area (Å²) in [5.74, 6) is 0. The molecule has 0 bridgehead atoms. The van der Waals surface area contributed by atoms with Gasteiger partial charge in [-0.15, -0.1) is 0 Å². The van der Waals surface area contributed by atoms with Crippen molar-refractivity contribution in [2.75, 3.05) is 7.05 Å². The van der Waals surface area contributed by atoms with Gasteiger partial charge in [-0.2, -0.15) is 5.10 Å². The van der Waals surface area contributed by atoms with Crippen molar-refractivity contribution in [3.8, 4) is 0 Å². The molecule has 0 aliphatic carbocycles. The van der Waals surface area contributed by atoms with E-state index in [2.05, 4.69) is 10.1 Å². The Labute approximate surface area is 120 Å². The number of aliphatic imine (C=N–C) groups is 1. The Morgan fingerprint density at radius 1 is 1.42 bits per heavy atom. The predicted octanol–water partition coefficient (Wildman–Crippen LogP) is 2.65. The Morgan fingerprint density at radius 3 is 2.95 bits per heavy atom. The maximum atomic E-state index is 11.9. The lowest BCUT2D eigenvalue weighted by Gasteiger charge is -2.06. The molecule has 1 heterocycles. The topological polar surface area (TPSA) is 47.2 Å². The number of hydrogen-bond donors (Lipinski definition) is 0. The van der Waals surface area contributed by atoms with E-state index in [1.165, 1.54) is 10.9 Å². The summed E-state index contributed by atoms with van der Waals surface area (Å²) in [5.41, 5.74) is 1.50. The summed E-state index contributed by atoms with van der Waals surface area (Å²) in [4.78, 5) is 15.8. The molecule has 1 aromatic carbocycles. The molecule has 98 valence electrons. The highest BCUT2D eigenvalue weighted by atomic mass is 35.5. The summed E-state index contributed by atoms with van der Waals surface area (Å²) in [7, 11) is 1.71. The van der Waals surface area contributed by atoms with Crippen molar-refractivity contribution in [1.82, 2.24) is 9.78 Å². The van der Waals surface area contributed by atoms with Crippen molar-refractivity contribution < 1.29 is 0 Å². The highest BCUT2D eigenvalue weighted by Gasteiger charge is 2.07. The zero-order chi connectivity index (χ0) is 13.8. The van der Waals surface area contributed by atoms with Crippen LogP contribution < -0.4 is 5.56 Å². The predicted molar refractivity (Wildman–Crippen MR) is 77.6 cm³/mol. The van der Waals surface area contributed by atoms with Crippen LogP contribution >= 0.6 is 23.2 Å². The van der Waals surface area contributed by atoms with Gasteiger partial charge in [0.25, 0.3) is 5.56 Å². The van der Waals surface area contributed by atoms with Crippen LogP contribution in [0.5, 0.6) is 0 Å². The summed E-state index contributed by atoms with van der Waals surface area (Å²) >= 11 is 11.5. The zero-order valence-electron chi connectivity index (χ0n) is 10.2. The van der Waals surface area contributed by atoms with Gasteiger partial charge in [0, 0.05) is 13.3 Å². The Bertz CT molecular complexity index is 680. The standard InChI is InChI=1S/C13H11Cl2N3O/c1-16-6-9-3-2-4-10(5-9)8-18-13(19)12(15)11(14)7-17-18/h2-7H,8H2,1H3/b16-6+. The molecule has 0 spiro atoms. The number of aromatic nitrogens is 2. The first-order valence-corrected chi connectivity index (χ1v) is 6.29. The lowest BCUT2D eigenvalue weighted by Crippen LogP contribution is -2.23. The summed E-state index contributed by atoms with van der Waals surface area (Å²) in [6.07, 6.45) is 3.11. The SMILES string of the molecule is C/N=C/c1cccc(Cn2ncc(Cl)c(Cl)c2=O)c1. The largest absolute Gasteiger partial charge is 0.296 e. The Kier molecular flexibility index (Phi) is 4.35. The van der Waals surface area contributed by atoms with Crippen LogP contribution in [-0.2, 0) is 6.54 Å². The average Bonchev–Trinajstić information content (AvgIpc) is 2.40. The highest BCUT2D eigenvalue weighted by Crippen LogP contribution is 2.15. The highest BCUT2D eigenvalue weighted by molar-refractivity contribution is 6.41. The molecule has 2 aromatic rings. The maximum Gasteiger partial charge on any atom is 0.287 e. The molecule has 0 fully saturated rings. The van der Waals surface area contributed by atoms with Gasteiger partial charge in [0.1, 0.15) is 5.02 Å². The third-order valence-corrected chi connectivity index (χ3v) is 3.25. The molecular formula is C13H11Cl2N3O. The van der Waals surface area contributed by atoms with Gasteiger partial charge < -0.3 is 0 Å². The van der Waals surface area contributed by atoms with Gasteiger partial charge in [-0.3, -0.25) is 9.79 Å². The van der Waals surface area contributed by atoms with Crippen LogP contribution in [0.2, 0.25) is 10.0 Å². The van der Waals surface area contributed by atoms with E-state index in [0.29, 0.717) is 6.54 Å². The second-order valence-corrected chi connectivity index (χ2v) is 4.69. The molecule has 0 saturated carbocycles. The molecule has 0 amide bonds. The quantitative estimate of drug-likeness (QED) is 0.817. The van der Waals surface area contributed by atoms with E-state index in [-0.39, 0.29) is 10.0 Å². The molecule has 0 atom stereocenters. The van der Waals surface area contributed by atoms with Crippen LogP contribution in [0.15, 0.2) is 40.2 Å². The van der Waals surface area contributed by atoms with E-state index < -0.39 is 5.56 Å². The van der Waals surface area contributed by atoms with Crippen molar-refractivity contribution >= 4 is 29.4 Å². The van der Waals surface area contributed by atoms with Crippen LogP contribution in [0, 0.1) is 0 Å². The van der Waals surface area contributed by atoms with E-state index in [1.54, 1.807) is 13.3 Å². The number of halogens is 2. The van der Waals surface area contributed by atoms with Crippen LogP contribution in [0.4, 0.5) is 0 Å². The van der Waals surface area contributed by atoms with Crippen molar-refractivity contribution in [3.05, 3.63) is 62.0 Å². The third-order valence-electron chi connectivity index (χ3n) is 2.50. The Balaban J connectivity index is 2.34. The minimum Gasteiger partial charge on any atom is -0.296 e. The molecule has 0 N–H and O–H groups in total. The minimum atomic E-state index is -0.399. The molecule has 0 saturated heterocycles. The molecule has 19 heavy (non-hydrogen) atoms. The average molecular weight is 296 g/mol. The van der Waals surface area contributed by atoms with E-state index in [1.807, 2.05) is 24.3 Å². The third kappa shape index (κ3) is 3.22. The van der Waals surface area contributed by atoms with Gasteiger partial charge in [-0.05, 0) is 17.2 Å². The Hall–Kier alpha value is -1.65. The van der Waals surface area contributed by atoms with Gasteiger partial charge in [0.15, 0.2) is 0 Å². The smallest absolute Gasteiger partial charge is 0.287 e. The number of benzene rings is 1. The second-order valence-electron chi connectivity index (χ2n) is 3.90. The van der Waals surface area contributed by atoms with Gasteiger partial charge in [-0.25, -0.2) is 4.68 Å². The monoisotopic (exact) mass is 295 g/mol. The van der Waals surface area contributed by atoms with E-state index >= 15 is 0 Å². The lowest BCUT2D eigenvalue weighted by molar-refractivity contribution is 0.639. The summed E-state index contributed by atoms with van der Waals surface area (Å²) in [5, 5.41) is 4.11. The van der Waals surface area contributed by atoms with E-state index in [4.69, 9.17) is 23.2 Å². The normalized spacial score (nSPS) is 11.1. The fourth-order valence-corrected chi connectivity index (χ4v) is 1.92. The molecule has 2 rings (SSSR count). The van der Waals surface area contributed by atoms with Crippen molar-refractivity contribution in [1.29, 1.82) is 0 Å². The molecule has 1 aromatic heterocycles. The van der Waals surface area contributed by atoms with Gasteiger partial charge in [-0.1, -0.05) is 41.4 Å². The van der Waals surface area contributed by atoms with Crippen molar-refractivity contribution in [3.63, 3.8) is 0 Å². The fraction of sp³-hybridized carbons (Fsp3) is 0.154. The maximum absolute atomic E-state index is 11.9. The second kappa shape index (κ2) is 5.99. The first-order valence-electron chi connectivity index (χ1n) is 5.54. The van der Waals surface area contributed by atoms with Gasteiger partial charge in [0.05, 0.1) is 17.8 Å². The fourth-order valence-electron chi connectivity index (χ4n) is 1.65. The molecule has 0 unspecified atom stereocenters. The van der Waals surface area contributed by atoms with Crippen LogP contribution in [0.25, 0.3) is 0 Å². The summed E-state index contributed by atoms with van der Waals surface area (Å²) < 4.78 is 1.27. The zero-order valence-corrected chi connectivity index (χ0v) is 11.7. The van der Waals surface area contributed by atoms with Crippen LogP contribution in [0.3, 0.4) is 0 Å². The van der Waals surface area contributed by atoms with E-state index in [9.17, 15) is 4.79 Å². The van der Waals surface area contributed by atoms with Gasteiger partial charge >= 0.3 is 0 Å². The molecule has 6 heteroatoms. The molecule has 0 radical (unpaired) electrons. The minimum absolute atomic E-state index is 0.0112. The van der Waals surface area contributed by atoms with E-state index in [0.717, 1.165) is 11.1 Å². The van der Waals surface area contributed by atoms with Crippen LogP contribution in [0.1, 0.15) is 11.1 Å². The molecule has 4 nitrogen and oxygen atoms in total. The number of rotatable bonds is 3. The first-order chi connectivity index (χ1) is 9.11. The van der Waals surface area contributed by atoms with Crippen molar-refractivity contribution in [2.45, 2.75) is 6.54 Å². The van der Waals surface area contributed by atoms with Crippen molar-refractivity contribution in [2.24, 2.45) is 4.99 Å². The summed E-state index contributed by atoms with van der Waals surface area (Å²) in [6, 6.07) is 7.67. The van der Waals surface area contributed by atoms with Crippen LogP contribution in [-0.4, -0.2) is 23.0 Å². The lowest BCUT2D eigenvalue weighted by atomic mass is 10.1. The molecule has 0 aliphatic rings. The Morgan fingerprint density at radius 2 is 2.21 bits per heavy atom. The summed E-state index contributed by atoms with van der Waals surface area (Å²) in [6.45, 7) is 0.334.